The summed E-state index contributed by atoms with van der Waals surface area (Å²) in [5, 5.41) is 29.2. The summed E-state index contributed by atoms with van der Waals surface area (Å²) in [7, 11) is 0. The van der Waals surface area contributed by atoms with Crippen LogP contribution in [0.5, 0.6) is 5.75 Å². The van der Waals surface area contributed by atoms with Crippen LogP contribution in [0.2, 0.25) is 0 Å². The molecule has 0 amide bonds. The fourth-order valence-electron chi connectivity index (χ4n) is 2.48. The lowest BCUT2D eigenvalue weighted by molar-refractivity contribution is 0.0696. The monoisotopic (exact) mass is 358 g/mol. The third kappa shape index (κ3) is 7.70. The van der Waals surface area contributed by atoms with Crippen LogP contribution in [0.3, 0.4) is 0 Å². The Morgan fingerprint density at radius 3 is 2.42 bits per heavy atom. The average Bonchev–Trinajstić information content (AvgIpc) is 2.58. The third-order valence-electron chi connectivity index (χ3n) is 4.28. The van der Waals surface area contributed by atoms with E-state index < -0.39 is 12.1 Å². The molecule has 0 spiro atoms. The molecule has 0 saturated carbocycles. The van der Waals surface area contributed by atoms with Crippen LogP contribution < -0.4 is 0 Å². The van der Waals surface area contributed by atoms with Crippen molar-refractivity contribution in [2.45, 2.75) is 59.5 Å². The van der Waals surface area contributed by atoms with Gasteiger partial charge in [-0.3, -0.25) is 0 Å². The maximum Gasteiger partial charge on any atom is 0.335 e. The van der Waals surface area contributed by atoms with Gasteiger partial charge in [0.2, 0.25) is 0 Å². The molecule has 3 N–H and O–H groups in total. The highest BCUT2D eigenvalue weighted by molar-refractivity contribution is 5.88. The maximum atomic E-state index is 11.0. The summed E-state index contributed by atoms with van der Waals surface area (Å²) in [5.41, 5.74) is 4.04. The SMILES string of the molecule is CC(C)=CCCC(C)=CC[C@H](O)C(C)=CCc1cc(C(=O)O)ccc1O. The van der Waals surface area contributed by atoms with E-state index >= 15 is 0 Å². The largest absolute Gasteiger partial charge is 0.508 e. The number of aliphatic hydroxyl groups is 1. The van der Waals surface area contributed by atoms with Crippen LogP contribution in [0, 0.1) is 0 Å². The number of hydrogen-bond donors (Lipinski definition) is 3. The number of aromatic hydroxyl groups is 1. The van der Waals surface area contributed by atoms with E-state index in [9.17, 15) is 15.0 Å². The minimum Gasteiger partial charge on any atom is -0.508 e. The number of carboxylic acids is 1. The van der Waals surface area contributed by atoms with Crippen molar-refractivity contribution < 1.29 is 20.1 Å². The van der Waals surface area contributed by atoms with Crippen LogP contribution >= 0.6 is 0 Å². The molecule has 0 heterocycles. The van der Waals surface area contributed by atoms with E-state index in [1.807, 2.05) is 13.0 Å². The maximum absolute atomic E-state index is 11.0. The predicted octanol–water partition coefficient (Wildman–Crippen LogP) is 5.02. The van der Waals surface area contributed by atoms with Crippen molar-refractivity contribution in [1.82, 2.24) is 0 Å². The minimum absolute atomic E-state index is 0.0588. The number of aliphatic hydroxyl groups excluding tert-OH is 1. The molecule has 0 aliphatic rings. The first-order chi connectivity index (χ1) is 12.2. The number of benzene rings is 1. The zero-order chi connectivity index (χ0) is 19.7. The van der Waals surface area contributed by atoms with Crippen molar-refractivity contribution in [1.29, 1.82) is 0 Å². The Balaban J connectivity index is 2.65. The Morgan fingerprint density at radius 1 is 1.12 bits per heavy atom. The highest BCUT2D eigenvalue weighted by Crippen LogP contribution is 2.21. The molecule has 26 heavy (non-hydrogen) atoms. The number of phenols is 1. The Hall–Kier alpha value is -2.33. The van der Waals surface area contributed by atoms with Crippen molar-refractivity contribution in [3.8, 4) is 5.75 Å². The van der Waals surface area contributed by atoms with E-state index in [1.54, 1.807) is 0 Å². The second-order valence-electron chi connectivity index (χ2n) is 6.92. The zero-order valence-corrected chi connectivity index (χ0v) is 16.1. The van der Waals surface area contributed by atoms with Gasteiger partial charge in [0.1, 0.15) is 5.75 Å². The Kier molecular flexibility index (Phi) is 8.86. The van der Waals surface area contributed by atoms with Crippen molar-refractivity contribution >= 4 is 5.97 Å². The summed E-state index contributed by atoms with van der Waals surface area (Å²) >= 11 is 0. The molecule has 0 bridgehead atoms. The number of carbonyl (C=O) groups is 1. The van der Waals surface area contributed by atoms with Gasteiger partial charge in [-0.2, -0.15) is 0 Å². The molecule has 0 saturated heterocycles. The van der Waals surface area contributed by atoms with Gasteiger partial charge in [0.05, 0.1) is 11.7 Å². The van der Waals surface area contributed by atoms with Gasteiger partial charge in [-0.15, -0.1) is 0 Å². The molecular weight excluding hydrogens is 328 g/mol. The fourth-order valence-corrected chi connectivity index (χ4v) is 2.48. The van der Waals surface area contributed by atoms with Crippen molar-refractivity contribution in [2.75, 3.05) is 0 Å². The van der Waals surface area contributed by atoms with E-state index in [-0.39, 0.29) is 11.3 Å². The molecule has 0 aliphatic heterocycles. The summed E-state index contributed by atoms with van der Waals surface area (Å²) in [5.74, 6) is -0.968. The normalized spacial score (nSPS) is 13.4. The minimum atomic E-state index is -1.03. The first-order valence-corrected chi connectivity index (χ1v) is 8.89. The number of aromatic carboxylic acids is 1. The molecule has 4 heteroatoms. The standard InChI is InChI=1S/C22H30O4/c1-15(2)6-5-7-16(3)8-12-20(23)17(4)9-10-18-14-19(22(25)26)11-13-21(18)24/h6,8-9,11,13-14,20,23-24H,5,7,10,12H2,1-4H3,(H,25,26)/t20-/m0/s1. The highest BCUT2D eigenvalue weighted by Gasteiger charge is 2.09. The smallest absolute Gasteiger partial charge is 0.335 e. The quantitative estimate of drug-likeness (QED) is 0.541. The lowest BCUT2D eigenvalue weighted by Gasteiger charge is -2.10. The highest BCUT2D eigenvalue weighted by atomic mass is 16.4. The summed E-state index contributed by atoms with van der Waals surface area (Å²) in [6, 6.07) is 4.22. The Labute approximate surface area is 156 Å². The first-order valence-electron chi connectivity index (χ1n) is 8.89. The molecule has 0 aromatic heterocycles. The zero-order valence-electron chi connectivity index (χ0n) is 16.1. The van der Waals surface area contributed by atoms with Crippen LogP contribution in [0.1, 0.15) is 62.9 Å². The van der Waals surface area contributed by atoms with E-state index in [0.717, 1.165) is 18.4 Å². The van der Waals surface area contributed by atoms with Gasteiger partial charge in [-0.1, -0.05) is 29.4 Å². The van der Waals surface area contributed by atoms with Crippen molar-refractivity contribution in [3.05, 3.63) is 64.3 Å². The summed E-state index contributed by atoms with van der Waals surface area (Å²) in [6.45, 7) is 8.08. The van der Waals surface area contributed by atoms with Gasteiger partial charge in [0.25, 0.3) is 0 Å². The summed E-state index contributed by atoms with van der Waals surface area (Å²) < 4.78 is 0. The van der Waals surface area contributed by atoms with Crippen molar-refractivity contribution in [3.63, 3.8) is 0 Å². The molecule has 1 rings (SSSR count). The molecule has 0 aliphatic carbocycles. The summed E-state index contributed by atoms with van der Waals surface area (Å²) in [6.07, 6.45) is 8.42. The van der Waals surface area contributed by atoms with Crippen LogP contribution in [-0.4, -0.2) is 27.4 Å². The number of hydrogen-bond acceptors (Lipinski definition) is 3. The first kappa shape index (κ1) is 21.7. The van der Waals surface area contributed by atoms with E-state index in [2.05, 4.69) is 32.9 Å². The second kappa shape index (κ2) is 10.6. The number of allylic oxidation sites excluding steroid dienone is 4. The molecule has 1 aromatic rings. The molecule has 0 unspecified atom stereocenters. The Bertz CT molecular complexity index is 707. The fraction of sp³-hybridized carbons (Fsp3) is 0.409. The van der Waals surface area contributed by atoms with Crippen molar-refractivity contribution in [2.24, 2.45) is 0 Å². The van der Waals surface area contributed by atoms with Gasteiger partial charge in [-0.05, 0) is 82.7 Å². The van der Waals surface area contributed by atoms with Crippen LogP contribution in [0.15, 0.2) is 53.1 Å². The van der Waals surface area contributed by atoms with E-state index in [4.69, 9.17) is 5.11 Å². The number of phenolic OH excluding ortho intramolecular Hbond substituents is 1. The number of carboxylic acid groups (broad SMARTS) is 1. The second-order valence-corrected chi connectivity index (χ2v) is 6.92. The van der Waals surface area contributed by atoms with Gasteiger partial charge >= 0.3 is 5.97 Å². The molecular formula is C22H30O4. The molecule has 4 nitrogen and oxygen atoms in total. The van der Waals surface area contributed by atoms with E-state index in [0.29, 0.717) is 18.4 Å². The molecule has 142 valence electrons. The predicted molar refractivity (Wildman–Crippen MR) is 106 cm³/mol. The Morgan fingerprint density at radius 2 is 1.81 bits per heavy atom. The van der Waals surface area contributed by atoms with Crippen LogP contribution in [0.4, 0.5) is 0 Å². The summed E-state index contributed by atoms with van der Waals surface area (Å²) in [4.78, 5) is 11.0. The van der Waals surface area contributed by atoms with Crippen LogP contribution in [-0.2, 0) is 6.42 Å². The molecule has 1 atom stereocenters. The van der Waals surface area contributed by atoms with E-state index in [1.165, 1.54) is 29.3 Å². The number of rotatable bonds is 9. The van der Waals surface area contributed by atoms with Gasteiger partial charge < -0.3 is 15.3 Å². The lowest BCUT2D eigenvalue weighted by atomic mass is 10.0. The molecule has 1 aromatic carbocycles. The topological polar surface area (TPSA) is 77.8 Å². The third-order valence-corrected chi connectivity index (χ3v) is 4.28. The van der Waals surface area contributed by atoms with Crippen LogP contribution in [0.25, 0.3) is 0 Å². The average molecular weight is 358 g/mol. The van der Waals surface area contributed by atoms with Gasteiger partial charge in [-0.25, -0.2) is 4.79 Å². The van der Waals surface area contributed by atoms with Gasteiger partial charge in [0, 0.05) is 0 Å². The molecule has 0 radical (unpaired) electrons. The molecule has 0 fully saturated rings. The van der Waals surface area contributed by atoms with Gasteiger partial charge in [0.15, 0.2) is 0 Å². The lowest BCUT2D eigenvalue weighted by Crippen LogP contribution is -2.07.